The summed E-state index contributed by atoms with van der Waals surface area (Å²) < 4.78 is 81.2. The van der Waals surface area contributed by atoms with Gasteiger partial charge in [-0.05, 0) is 80.1 Å². The van der Waals surface area contributed by atoms with Gasteiger partial charge in [-0.3, -0.25) is 0 Å². The SMILES string of the molecule is Cc1ccc2c(c1)c1ccccc1n2-c1cc(-c2c(F)cccc2F)cc(-n2c3ccccc3c3cc(C)ccc32)c1C(F)(F)F. The Hall–Kier alpha value is -5.43. The lowest BCUT2D eigenvalue weighted by atomic mass is 9.98. The minimum atomic E-state index is -4.86. The van der Waals surface area contributed by atoms with Crippen LogP contribution in [0.15, 0.2) is 115 Å². The lowest BCUT2D eigenvalue weighted by Gasteiger charge is -2.23. The topological polar surface area (TPSA) is 9.86 Å². The summed E-state index contributed by atoms with van der Waals surface area (Å²) in [5, 5.41) is 3.09. The summed E-state index contributed by atoms with van der Waals surface area (Å²) in [4.78, 5) is 0. The molecule has 6 aromatic carbocycles. The summed E-state index contributed by atoms with van der Waals surface area (Å²) in [6.07, 6.45) is -4.86. The third-order valence-corrected chi connectivity index (χ3v) is 8.77. The van der Waals surface area contributed by atoms with Gasteiger partial charge in [-0.2, -0.15) is 13.2 Å². The number of nitrogens with zero attached hydrogens (tertiary/aromatic N) is 2. The van der Waals surface area contributed by atoms with E-state index < -0.39 is 28.9 Å². The van der Waals surface area contributed by atoms with E-state index >= 15 is 22.0 Å². The van der Waals surface area contributed by atoms with E-state index in [9.17, 15) is 0 Å². The fraction of sp³-hybridized carbons (Fsp3) is 0.0769. The number of benzene rings is 6. The van der Waals surface area contributed by atoms with E-state index in [1.165, 1.54) is 18.2 Å². The monoisotopic (exact) mass is 616 g/mol. The van der Waals surface area contributed by atoms with Gasteiger partial charge in [0.05, 0.1) is 39.0 Å². The minimum absolute atomic E-state index is 0.00955. The molecule has 0 spiro atoms. The van der Waals surface area contributed by atoms with Gasteiger partial charge in [-0.15, -0.1) is 0 Å². The van der Waals surface area contributed by atoms with Crippen molar-refractivity contribution in [1.82, 2.24) is 9.13 Å². The molecule has 2 nitrogen and oxygen atoms in total. The molecule has 226 valence electrons. The van der Waals surface area contributed by atoms with Crippen LogP contribution in [0.4, 0.5) is 22.0 Å². The van der Waals surface area contributed by atoms with Crippen LogP contribution in [-0.2, 0) is 6.18 Å². The molecule has 0 aliphatic heterocycles. The van der Waals surface area contributed by atoms with Gasteiger partial charge in [0.15, 0.2) is 0 Å². The van der Waals surface area contributed by atoms with Crippen LogP contribution in [-0.4, -0.2) is 9.13 Å². The highest BCUT2D eigenvalue weighted by molar-refractivity contribution is 6.11. The molecule has 0 saturated carbocycles. The minimum Gasteiger partial charge on any atom is -0.309 e. The molecule has 46 heavy (non-hydrogen) atoms. The van der Waals surface area contributed by atoms with E-state index in [-0.39, 0.29) is 16.9 Å². The first-order valence-electron chi connectivity index (χ1n) is 14.8. The van der Waals surface area contributed by atoms with Crippen LogP contribution in [0.5, 0.6) is 0 Å². The first kappa shape index (κ1) is 28.1. The number of para-hydroxylation sites is 2. The molecule has 0 aliphatic rings. The molecule has 0 atom stereocenters. The van der Waals surface area contributed by atoms with Gasteiger partial charge < -0.3 is 9.13 Å². The maximum Gasteiger partial charge on any atom is 0.420 e. The smallest absolute Gasteiger partial charge is 0.309 e. The molecule has 0 amide bonds. The molecular weight excluding hydrogens is 591 g/mol. The highest BCUT2D eigenvalue weighted by Crippen LogP contribution is 2.46. The predicted octanol–water partition coefficient (Wildman–Crippen LogP) is 11.5. The van der Waals surface area contributed by atoms with Crippen molar-refractivity contribution in [2.75, 3.05) is 0 Å². The molecule has 2 heterocycles. The number of rotatable bonds is 3. The zero-order valence-electron chi connectivity index (χ0n) is 24.8. The molecule has 7 heteroatoms. The van der Waals surface area contributed by atoms with Crippen molar-refractivity contribution < 1.29 is 22.0 Å². The quantitative estimate of drug-likeness (QED) is 0.175. The molecule has 8 rings (SSSR count). The van der Waals surface area contributed by atoms with Gasteiger partial charge in [-0.25, -0.2) is 8.78 Å². The molecule has 0 N–H and O–H groups in total. The van der Waals surface area contributed by atoms with Crippen LogP contribution in [0.25, 0.3) is 66.1 Å². The summed E-state index contributed by atoms with van der Waals surface area (Å²) in [6, 6.07) is 31.7. The van der Waals surface area contributed by atoms with Crippen LogP contribution in [0.2, 0.25) is 0 Å². The fourth-order valence-corrected chi connectivity index (χ4v) is 6.87. The maximum absolute atomic E-state index is 15.7. The van der Waals surface area contributed by atoms with E-state index in [1.807, 2.05) is 62.4 Å². The second-order valence-corrected chi connectivity index (χ2v) is 11.7. The van der Waals surface area contributed by atoms with Crippen molar-refractivity contribution in [1.29, 1.82) is 0 Å². The average molecular weight is 617 g/mol. The van der Waals surface area contributed by atoms with Crippen LogP contribution in [0.1, 0.15) is 16.7 Å². The van der Waals surface area contributed by atoms with Crippen molar-refractivity contribution in [2.24, 2.45) is 0 Å². The van der Waals surface area contributed by atoms with Gasteiger partial charge >= 0.3 is 6.18 Å². The van der Waals surface area contributed by atoms with Gasteiger partial charge in [0, 0.05) is 21.5 Å². The van der Waals surface area contributed by atoms with Crippen LogP contribution in [0.3, 0.4) is 0 Å². The van der Waals surface area contributed by atoms with Gasteiger partial charge in [0.2, 0.25) is 0 Å². The molecule has 0 aliphatic carbocycles. The lowest BCUT2D eigenvalue weighted by molar-refractivity contribution is -0.137. The number of aryl methyl sites for hydroxylation is 2. The molecule has 2 aromatic heterocycles. The van der Waals surface area contributed by atoms with Crippen molar-refractivity contribution in [2.45, 2.75) is 20.0 Å². The zero-order valence-corrected chi connectivity index (χ0v) is 24.8. The number of hydrogen-bond donors (Lipinski definition) is 0. The Morgan fingerprint density at radius 3 is 1.37 bits per heavy atom. The molecule has 0 radical (unpaired) electrons. The maximum atomic E-state index is 15.7. The summed E-state index contributed by atoms with van der Waals surface area (Å²) in [6.45, 7) is 3.85. The largest absolute Gasteiger partial charge is 0.420 e. The Kier molecular flexibility index (Phi) is 6.13. The number of halogens is 5. The second kappa shape index (κ2) is 10.0. The third kappa shape index (κ3) is 4.15. The van der Waals surface area contributed by atoms with E-state index in [0.29, 0.717) is 22.1 Å². The van der Waals surface area contributed by atoms with Crippen LogP contribution >= 0.6 is 0 Å². The summed E-state index contributed by atoms with van der Waals surface area (Å²) in [5.41, 5.74) is 2.32. The van der Waals surface area contributed by atoms with E-state index in [0.717, 1.165) is 44.8 Å². The number of aromatic nitrogens is 2. The first-order valence-corrected chi connectivity index (χ1v) is 14.8. The standard InChI is InChI=1S/C39H25F5N2/c1-22-14-16-33-27(18-22)25-8-3-5-12-31(25)45(33)35-20-24(37-29(40)10-7-11-30(37)41)21-36(38(35)39(42,43)44)46-32-13-6-4-9-26(32)28-19-23(2)15-17-34(28)46/h3-21H,1-2H3. The van der Waals surface area contributed by atoms with Crippen molar-refractivity contribution in [3.8, 4) is 22.5 Å². The van der Waals surface area contributed by atoms with Crippen LogP contribution in [0, 0.1) is 25.5 Å². The lowest BCUT2D eigenvalue weighted by Crippen LogP contribution is -2.16. The van der Waals surface area contributed by atoms with E-state index in [1.54, 1.807) is 45.5 Å². The van der Waals surface area contributed by atoms with Gasteiger partial charge in [0.1, 0.15) is 17.2 Å². The van der Waals surface area contributed by atoms with Crippen molar-refractivity contribution in [3.63, 3.8) is 0 Å². The summed E-state index contributed by atoms with van der Waals surface area (Å²) >= 11 is 0. The van der Waals surface area contributed by atoms with Crippen molar-refractivity contribution in [3.05, 3.63) is 144 Å². The zero-order chi connectivity index (χ0) is 31.9. The number of fused-ring (bicyclic) bond motifs is 6. The van der Waals surface area contributed by atoms with Crippen molar-refractivity contribution >= 4 is 43.6 Å². The van der Waals surface area contributed by atoms with Crippen LogP contribution < -0.4 is 0 Å². The highest BCUT2D eigenvalue weighted by Gasteiger charge is 2.39. The highest BCUT2D eigenvalue weighted by atomic mass is 19.4. The normalized spacial score (nSPS) is 12.2. The Labute approximate surface area is 260 Å². The Balaban J connectivity index is 1.62. The molecule has 8 aromatic rings. The molecule has 0 fully saturated rings. The Morgan fingerprint density at radius 1 is 0.478 bits per heavy atom. The number of alkyl halides is 3. The molecule has 0 saturated heterocycles. The molecule has 0 unspecified atom stereocenters. The first-order chi connectivity index (χ1) is 22.1. The summed E-state index contributed by atoms with van der Waals surface area (Å²) in [5.74, 6) is -1.74. The van der Waals surface area contributed by atoms with E-state index in [2.05, 4.69) is 0 Å². The number of hydrogen-bond acceptors (Lipinski definition) is 0. The fourth-order valence-electron chi connectivity index (χ4n) is 6.87. The second-order valence-electron chi connectivity index (χ2n) is 11.7. The molecule has 0 bridgehead atoms. The average Bonchev–Trinajstić information content (AvgIpc) is 3.52. The predicted molar refractivity (Wildman–Crippen MR) is 175 cm³/mol. The Morgan fingerprint density at radius 2 is 0.913 bits per heavy atom. The summed E-state index contributed by atoms with van der Waals surface area (Å²) in [7, 11) is 0. The van der Waals surface area contributed by atoms with Gasteiger partial charge in [-0.1, -0.05) is 65.7 Å². The van der Waals surface area contributed by atoms with E-state index in [4.69, 9.17) is 0 Å². The third-order valence-electron chi connectivity index (χ3n) is 8.77. The molecular formula is C39H25F5N2. The Bertz CT molecular complexity index is 2350. The van der Waals surface area contributed by atoms with Gasteiger partial charge in [0.25, 0.3) is 0 Å².